The molecule has 0 saturated carbocycles. The van der Waals surface area contributed by atoms with Gasteiger partial charge in [0.1, 0.15) is 0 Å². The molecule has 0 atom stereocenters. The van der Waals surface area contributed by atoms with Crippen LogP contribution >= 0.6 is 0 Å². The van der Waals surface area contributed by atoms with Gasteiger partial charge in [0.25, 0.3) is 5.91 Å². The smallest absolute Gasteiger partial charge is 0.254 e. The first-order valence-corrected chi connectivity index (χ1v) is 11.6. The first kappa shape index (κ1) is 21.4. The summed E-state index contributed by atoms with van der Waals surface area (Å²) in [5.41, 5.74) is 1.49. The third-order valence-corrected chi connectivity index (χ3v) is 6.07. The van der Waals surface area contributed by atoms with Gasteiger partial charge in [0, 0.05) is 56.9 Å². The van der Waals surface area contributed by atoms with Crippen LogP contribution in [0.4, 0.5) is 0 Å². The molecular weight excluding hydrogens is 390 g/mol. The third-order valence-electron chi connectivity index (χ3n) is 4.95. The van der Waals surface area contributed by atoms with Crippen LogP contribution in [0.15, 0.2) is 53.7 Å². The summed E-state index contributed by atoms with van der Waals surface area (Å²) in [4.78, 5) is 21.5. The van der Waals surface area contributed by atoms with Crippen molar-refractivity contribution in [1.29, 1.82) is 0 Å². The third kappa shape index (κ3) is 6.35. The van der Waals surface area contributed by atoms with E-state index in [1.165, 1.54) is 12.1 Å². The zero-order valence-electron chi connectivity index (χ0n) is 16.7. The van der Waals surface area contributed by atoms with E-state index in [0.29, 0.717) is 18.7 Å². The number of benzene rings is 1. The summed E-state index contributed by atoms with van der Waals surface area (Å²) >= 11 is 0. The van der Waals surface area contributed by atoms with Crippen molar-refractivity contribution < 1.29 is 17.9 Å². The van der Waals surface area contributed by atoms with Gasteiger partial charge in [0.05, 0.1) is 18.1 Å². The van der Waals surface area contributed by atoms with E-state index >= 15 is 0 Å². The first-order chi connectivity index (χ1) is 13.9. The molecule has 7 nitrogen and oxygen atoms in total. The Morgan fingerprint density at radius 3 is 2.38 bits per heavy atom. The standard InChI is InChI=1S/C21H27N3O4S/c1-29(26,27)20-5-3-19(4-6-20)21(25)24(17-18-7-9-22-10-8-18)12-2-11-23-13-15-28-16-14-23/h3-10H,2,11-17H2,1H3. The van der Waals surface area contributed by atoms with Crippen molar-refractivity contribution in [3.05, 3.63) is 59.9 Å². The molecule has 1 saturated heterocycles. The maximum Gasteiger partial charge on any atom is 0.254 e. The molecular formula is C21H27N3O4S. The molecule has 3 rings (SSSR count). The molecule has 0 unspecified atom stereocenters. The average molecular weight is 418 g/mol. The van der Waals surface area contributed by atoms with Gasteiger partial charge >= 0.3 is 0 Å². The number of rotatable bonds is 8. The molecule has 1 aromatic heterocycles. The number of amides is 1. The summed E-state index contributed by atoms with van der Waals surface area (Å²) < 4.78 is 28.7. The van der Waals surface area contributed by atoms with Gasteiger partial charge in [-0.2, -0.15) is 0 Å². The highest BCUT2D eigenvalue weighted by molar-refractivity contribution is 7.90. The lowest BCUT2D eigenvalue weighted by Crippen LogP contribution is -2.39. The number of ether oxygens (including phenoxy) is 1. The van der Waals surface area contributed by atoms with E-state index in [1.54, 1.807) is 24.5 Å². The van der Waals surface area contributed by atoms with Crippen LogP contribution in [0.5, 0.6) is 0 Å². The minimum atomic E-state index is -3.29. The average Bonchev–Trinajstić information content (AvgIpc) is 2.73. The summed E-state index contributed by atoms with van der Waals surface area (Å²) in [5, 5.41) is 0. The fourth-order valence-electron chi connectivity index (χ4n) is 3.30. The van der Waals surface area contributed by atoms with Gasteiger partial charge in [-0.1, -0.05) is 0 Å². The quantitative estimate of drug-likeness (QED) is 0.652. The molecule has 8 heteroatoms. The highest BCUT2D eigenvalue weighted by Gasteiger charge is 2.18. The van der Waals surface area contributed by atoms with Crippen LogP contribution in [0.3, 0.4) is 0 Å². The monoisotopic (exact) mass is 417 g/mol. The van der Waals surface area contributed by atoms with Crippen LogP contribution in [0, 0.1) is 0 Å². The maximum absolute atomic E-state index is 13.1. The molecule has 2 heterocycles. The van der Waals surface area contributed by atoms with E-state index < -0.39 is 9.84 Å². The highest BCUT2D eigenvalue weighted by atomic mass is 32.2. The molecule has 1 fully saturated rings. The summed E-state index contributed by atoms with van der Waals surface area (Å²) in [6.45, 7) is 5.37. The number of morpholine rings is 1. The number of aromatic nitrogens is 1. The Morgan fingerprint density at radius 1 is 1.10 bits per heavy atom. The Labute approximate surface area is 172 Å². The van der Waals surface area contributed by atoms with Crippen molar-refractivity contribution in [2.45, 2.75) is 17.9 Å². The summed E-state index contributed by atoms with van der Waals surface area (Å²) in [7, 11) is -3.29. The zero-order valence-corrected chi connectivity index (χ0v) is 17.5. The van der Waals surface area contributed by atoms with Crippen LogP contribution in [-0.2, 0) is 21.1 Å². The number of nitrogens with zero attached hydrogens (tertiary/aromatic N) is 3. The minimum Gasteiger partial charge on any atom is -0.379 e. The molecule has 0 bridgehead atoms. The summed E-state index contributed by atoms with van der Waals surface area (Å²) in [6.07, 6.45) is 5.45. The molecule has 2 aromatic rings. The lowest BCUT2D eigenvalue weighted by atomic mass is 10.1. The molecule has 1 aromatic carbocycles. The molecule has 1 amide bonds. The van der Waals surface area contributed by atoms with Crippen LogP contribution in [-0.4, -0.2) is 74.8 Å². The van der Waals surface area contributed by atoms with E-state index in [0.717, 1.165) is 51.1 Å². The minimum absolute atomic E-state index is 0.108. The maximum atomic E-state index is 13.1. The van der Waals surface area contributed by atoms with Crippen molar-refractivity contribution in [1.82, 2.24) is 14.8 Å². The summed E-state index contributed by atoms with van der Waals surface area (Å²) in [5.74, 6) is -0.108. The first-order valence-electron chi connectivity index (χ1n) is 9.72. The van der Waals surface area contributed by atoms with Gasteiger partial charge in [-0.05, 0) is 48.4 Å². The van der Waals surface area contributed by atoms with Gasteiger partial charge in [0.2, 0.25) is 0 Å². The number of pyridine rings is 1. The Morgan fingerprint density at radius 2 is 1.76 bits per heavy atom. The fraction of sp³-hybridized carbons (Fsp3) is 0.429. The second-order valence-electron chi connectivity index (χ2n) is 7.19. The normalized spacial score (nSPS) is 15.2. The van der Waals surface area contributed by atoms with Crippen molar-refractivity contribution in [2.75, 3.05) is 45.6 Å². The van der Waals surface area contributed by atoms with Crippen LogP contribution < -0.4 is 0 Å². The molecule has 1 aliphatic rings. The van der Waals surface area contributed by atoms with E-state index in [1.807, 2.05) is 17.0 Å². The predicted octanol–water partition coefficient (Wildman–Crippen LogP) is 1.85. The molecule has 1 aliphatic heterocycles. The van der Waals surface area contributed by atoms with Crippen LogP contribution in [0.2, 0.25) is 0 Å². The van der Waals surface area contributed by atoms with Gasteiger partial charge in [-0.25, -0.2) is 8.42 Å². The molecule has 0 N–H and O–H groups in total. The Bertz CT molecular complexity index is 895. The number of hydrogen-bond donors (Lipinski definition) is 0. The Balaban J connectivity index is 1.69. The highest BCUT2D eigenvalue weighted by Crippen LogP contribution is 2.15. The van der Waals surface area contributed by atoms with Crippen LogP contribution in [0.25, 0.3) is 0 Å². The van der Waals surface area contributed by atoms with Gasteiger partial charge < -0.3 is 9.64 Å². The Hall–Kier alpha value is -2.29. The van der Waals surface area contributed by atoms with Crippen molar-refractivity contribution >= 4 is 15.7 Å². The predicted molar refractivity (Wildman–Crippen MR) is 110 cm³/mol. The summed E-state index contributed by atoms with van der Waals surface area (Å²) in [6, 6.07) is 9.94. The van der Waals surface area contributed by atoms with Gasteiger partial charge in [-0.3, -0.25) is 14.7 Å². The van der Waals surface area contributed by atoms with Crippen molar-refractivity contribution in [3.63, 3.8) is 0 Å². The molecule has 156 valence electrons. The number of carbonyl (C=O) groups is 1. The zero-order chi connectivity index (χ0) is 20.7. The topological polar surface area (TPSA) is 79.8 Å². The molecule has 0 radical (unpaired) electrons. The lowest BCUT2D eigenvalue weighted by Gasteiger charge is -2.28. The van der Waals surface area contributed by atoms with E-state index in [9.17, 15) is 13.2 Å². The molecule has 0 aliphatic carbocycles. The van der Waals surface area contributed by atoms with Crippen molar-refractivity contribution in [2.24, 2.45) is 0 Å². The Kier molecular flexibility index (Phi) is 7.35. The number of carbonyl (C=O) groups excluding carboxylic acids is 1. The van der Waals surface area contributed by atoms with E-state index in [2.05, 4.69) is 9.88 Å². The second-order valence-corrected chi connectivity index (χ2v) is 9.20. The van der Waals surface area contributed by atoms with Gasteiger partial charge in [0.15, 0.2) is 9.84 Å². The van der Waals surface area contributed by atoms with Crippen molar-refractivity contribution in [3.8, 4) is 0 Å². The number of hydrogen-bond acceptors (Lipinski definition) is 6. The fourth-order valence-corrected chi connectivity index (χ4v) is 3.93. The molecule has 29 heavy (non-hydrogen) atoms. The van der Waals surface area contributed by atoms with Gasteiger partial charge in [-0.15, -0.1) is 0 Å². The largest absolute Gasteiger partial charge is 0.379 e. The van der Waals surface area contributed by atoms with Crippen LogP contribution in [0.1, 0.15) is 22.3 Å². The lowest BCUT2D eigenvalue weighted by molar-refractivity contribution is 0.0355. The SMILES string of the molecule is CS(=O)(=O)c1ccc(C(=O)N(CCCN2CCOCC2)Cc2ccncc2)cc1. The van der Waals surface area contributed by atoms with E-state index in [-0.39, 0.29) is 10.8 Å². The van der Waals surface area contributed by atoms with E-state index in [4.69, 9.17) is 4.74 Å². The second kappa shape index (κ2) is 9.96. The number of sulfone groups is 1. The molecule has 0 spiro atoms.